The minimum Gasteiger partial charge on any atom is -0.458 e. The van der Waals surface area contributed by atoms with E-state index in [1.54, 1.807) is 20.8 Å². The molecule has 0 aliphatic heterocycles. The van der Waals surface area contributed by atoms with Gasteiger partial charge in [-0.15, -0.1) is 0 Å². The lowest BCUT2D eigenvalue weighted by molar-refractivity contribution is -0.384. The van der Waals surface area contributed by atoms with E-state index >= 15 is 0 Å². The third-order valence-electron chi connectivity index (χ3n) is 3.29. The zero-order chi connectivity index (χ0) is 18.4. The van der Waals surface area contributed by atoms with Crippen molar-refractivity contribution in [1.29, 1.82) is 0 Å². The Kier molecular flexibility index (Phi) is 5.88. The molecule has 2 aromatic carbocycles. The summed E-state index contributed by atoms with van der Waals surface area (Å²) < 4.78 is 11.2. The summed E-state index contributed by atoms with van der Waals surface area (Å²) in [7, 11) is 0. The van der Waals surface area contributed by atoms with Crippen molar-refractivity contribution in [1.82, 2.24) is 0 Å². The largest absolute Gasteiger partial charge is 0.458 e. The molecule has 132 valence electrons. The number of carbonyl (C=O) groups excluding carboxylic acids is 1. The molecule has 0 saturated carbocycles. The number of esters is 1. The SMILES string of the molecule is CC(C)(C)OC(=O)C(OCc1ccccc1)c1ccc([N+](=O)[O-])cc1. The molecule has 6 heteroatoms. The Balaban J connectivity index is 2.21. The number of non-ortho nitro benzene ring substituents is 1. The van der Waals surface area contributed by atoms with Gasteiger partial charge in [0.2, 0.25) is 0 Å². The maximum absolute atomic E-state index is 12.5. The lowest BCUT2D eigenvalue weighted by Crippen LogP contribution is -2.29. The summed E-state index contributed by atoms with van der Waals surface area (Å²) in [5.41, 5.74) is 0.718. The van der Waals surface area contributed by atoms with Crippen LogP contribution in [0, 0.1) is 10.1 Å². The van der Waals surface area contributed by atoms with Gasteiger partial charge in [-0.25, -0.2) is 4.79 Å². The highest BCUT2D eigenvalue weighted by Gasteiger charge is 2.28. The molecule has 1 unspecified atom stereocenters. The van der Waals surface area contributed by atoms with Gasteiger partial charge >= 0.3 is 5.97 Å². The zero-order valence-electron chi connectivity index (χ0n) is 14.5. The third-order valence-corrected chi connectivity index (χ3v) is 3.29. The van der Waals surface area contributed by atoms with E-state index in [-0.39, 0.29) is 12.3 Å². The maximum Gasteiger partial charge on any atom is 0.340 e. The number of ether oxygens (including phenoxy) is 2. The van der Waals surface area contributed by atoms with Gasteiger partial charge in [0.25, 0.3) is 5.69 Å². The summed E-state index contributed by atoms with van der Waals surface area (Å²) in [6.45, 7) is 5.54. The van der Waals surface area contributed by atoms with Gasteiger partial charge in [0.1, 0.15) is 5.60 Å². The number of nitro benzene ring substituents is 1. The average molecular weight is 343 g/mol. The average Bonchev–Trinajstić information content (AvgIpc) is 2.55. The van der Waals surface area contributed by atoms with E-state index in [1.165, 1.54) is 24.3 Å². The highest BCUT2D eigenvalue weighted by Crippen LogP contribution is 2.25. The number of carbonyl (C=O) groups is 1. The molecule has 2 rings (SSSR count). The Bertz CT molecular complexity index is 720. The van der Waals surface area contributed by atoms with E-state index in [4.69, 9.17) is 9.47 Å². The zero-order valence-corrected chi connectivity index (χ0v) is 14.5. The predicted molar refractivity (Wildman–Crippen MR) is 92.9 cm³/mol. The molecule has 0 fully saturated rings. The van der Waals surface area contributed by atoms with Crippen LogP contribution in [0.1, 0.15) is 38.0 Å². The molecule has 0 N–H and O–H groups in total. The summed E-state index contributed by atoms with van der Waals surface area (Å²) in [4.78, 5) is 22.8. The van der Waals surface area contributed by atoms with E-state index in [0.29, 0.717) is 5.56 Å². The van der Waals surface area contributed by atoms with Gasteiger partial charge < -0.3 is 9.47 Å². The maximum atomic E-state index is 12.5. The van der Waals surface area contributed by atoms with Crippen molar-refractivity contribution in [2.45, 2.75) is 39.1 Å². The van der Waals surface area contributed by atoms with E-state index in [9.17, 15) is 14.9 Å². The molecule has 6 nitrogen and oxygen atoms in total. The van der Waals surface area contributed by atoms with Crippen LogP contribution in [-0.2, 0) is 20.9 Å². The standard InChI is InChI=1S/C19H21NO5/c1-19(2,3)25-18(21)17(24-13-14-7-5-4-6-8-14)15-9-11-16(12-10-15)20(22)23/h4-12,17H,13H2,1-3H3. The molecular formula is C19H21NO5. The van der Waals surface area contributed by atoms with Crippen molar-refractivity contribution < 1.29 is 19.2 Å². The molecule has 0 amide bonds. The Morgan fingerprint density at radius 1 is 1.08 bits per heavy atom. The molecule has 0 heterocycles. The Labute approximate surface area is 146 Å². The molecule has 0 saturated heterocycles. The number of nitro groups is 1. The normalized spacial score (nSPS) is 12.4. The number of hydrogen-bond acceptors (Lipinski definition) is 5. The number of hydrogen-bond donors (Lipinski definition) is 0. The van der Waals surface area contributed by atoms with Crippen LogP contribution in [0.15, 0.2) is 54.6 Å². The molecule has 0 radical (unpaired) electrons. The second kappa shape index (κ2) is 7.90. The molecule has 0 bridgehead atoms. The monoisotopic (exact) mass is 343 g/mol. The fraction of sp³-hybridized carbons (Fsp3) is 0.316. The Morgan fingerprint density at radius 2 is 1.68 bits per heavy atom. The molecular weight excluding hydrogens is 322 g/mol. The molecule has 25 heavy (non-hydrogen) atoms. The quantitative estimate of drug-likeness (QED) is 0.446. The lowest BCUT2D eigenvalue weighted by atomic mass is 10.1. The van der Waals surface area contributed by atoms with Crippen LogP contribution in [0.4, 0.5) is 5.69 Å². The van der Waals surface area contributed by atoms with Crippen LogP contribution >= 0.6 is 0 Å². The molecule has 1 atom stereocenters. The van der Waals surface area contributed by atoms with Crippen molar-refractivity contribution in [3.63, 3.8) is 0 Å². The van der Waals surface area contributed by atoms with Gasteiger partial charge in [-0.2, -0.15) is 0 Å². The van der Waals surface area contributed by atoms with Crippen molar-refractivity contribution in [3.8, 4) is 0 Å². The van der Waals surface area contributed by atoms with Gasteiger partial charge in [-0.1, -0.05) is 30.3 Å². The van der Waals surface area contributed by atoms with Gasteiger partial charge in [0.05, 0.1) is 11.5 Å². The Hall–Kier alpha value is -2.73. The lowest BCUT2D eigenvalue weighted by Gasteiger charge is -2.24. The van der Waals surface area contributed by atoms with Crippen LogP contribution in [0.5, 0.6) is 0 Å². The van der Waals surface area contributed by atoms with Gasteiger partial charge in [0, 0.05) is 12.1 Å². The molecule has 0 aliphatic rings. The van der Waals surface area contributed by atoms with Crippen molar-refractivity contribution in [2.75, 3.05) is 0 Å². The summed E-state index contributed by atoms with van der Waals surface area (Å²) in [6, 6.07) is 15.2. The Morgan fingerprint density at radius 3 is 2.20 bits per heavy atom. The number of nitrogens with zero attached hydrogens (tertiary/aromatic N) is 1. The van der Waals surface area contributed by atoms with Gasteiger partial charge in [-0.05, 0) is 44.0 Å². The molecule has 2 aromatic rings. The number of benzene rings is 2. The van der Waals surface area contributed by atoms with Crippen LogP contribution < -0.4 is 0 Å². The van der Waals surface area contributed by atoms with E-state index < -0.39 is 22.6 Å². The van der Waals surface area contributed by atoms with E-state index in [0.717, 1.165) is 5.56 Å². The first-order valence-corrected chi connectivity index (χ1v) is 7.89. The van der Waals surface area contributed by atoms with Crippen molar-refractivity contribution in [3.05, 3.63) is 75.8 Å². The first-order chi connectivity index (χ1) is 11.8. The fourth-order valence-electron chi connectivity index (χ4n) is 2.18. The van der Waals surface area contributed by atoms with Gasteiger partial charge in [0.15, 0.2) is 6.10 Å². The minimum absolute atomic E-state index is 0.0465. The molecule has 0 aromatic heterocycles. The predicted octanol–water partition coefficient (Wildman–Crippen LogP) is 4.19. The van der Waals surface area contributed by atoms with Crippen molar-refractivity contribution in [2.24, 2.45) is 0 Å². The topological polar surface area (TPSA) is 78.7 Å². The summed E-state index contributed by atoms with van der Waals surface area (Å²) in [6.07, 6.45) is -0.958. The van der Waals surface area contributed by atoms with Crippen LogP contribution in [0.2, 0.25) is 0 Å². The highest BCUT2D eigenvalue weighted by molar-refractivity contribution is 5.77. The molecule has 0 spiro atoms. The first-order valence-electron chi connectivity index (χ1n) is 7.89. The second-order valence-electron chi connectivity index (χ2n) is 6.56. The summed E-state index contributed by atoms with van der Waals surface area (Å²) in [5, 5.41) is 10.8. The fourth-order valence-corrected chi connectivity index (χ4v) is 2.18. The second-order valence-corrected chi connectivity index (χ2v) is 6.56. The summed E-state index contributed by atoms with van der Waals surface area (Å²) in [5.74, 6) is -0.530. The first kappa shape index (κ1) is 18.6. The molecule has 0 aliphatic carbocycles. The van der Waals surface area contributed by atoms with E-state index in [2.05, 4.69) is 0 Å². The highest BCUT2D eigenvalue weighted by atomic mass is 16.6. The van der Waals surface area contributed by atoms with Crippen LogP contribution in [0.25, 0.3) is 0 Å². The van der Waals surface area contributed by atoms with E-state index in [1.807, 2.05) is 30.3 Å². The minimum atomic E-state index is -0.958. The smallest absolute Gasteiger partial charge is 0.340 e. The third kappa shape index (κ3) is 5.69. The van der Waals surface area contributed by atoms with Gasteiger partial charge in [-0.3, -0.25) is 10.1 Å². The van der Waals surface area contributed by atoms with Crippen LogP contribution in [-0.4, -0.2) is 16.5 Å². The number of rotatable bonds is 6. The summed E-state index contributed by atoms with van der Waals surface area (Å²) >= 11 is 0. The van der Waals surface area contributed by atoms with Crippen molar-refractivity contribution >= 4 is 11.7 Å². The van der Waals surface area contributed by atoms with Crippen LogP contribution in [0.3, 0.4) is 0 Å².